The van der Waals surface area contributed by atoms with Gasteiger partial charge in [0.15, 0.2) is 0 Å². The SMILES string of the molecule is CC(C)OC(=O)C[C@H](NC(=O)c1ccccc1)c1ccccc1. The number of rotatable bonds is 6. The van der Waals surface area contributed by atoms with E-state index >= 15 is 0 Å². The quantitative estimate of drug-likeness (QED) is 0.831. The zero-order valence-corrected chi connectivity index (χ0v) is 13.4. The molecule has 0 bridgehead atoms. The molecule has 1 amide bonds. The number of carbonyl (C=O) groups excluding carboxylic acids is 2. The second-order valence-corrected chi connectivity index (χ2v) is 5.55. The van der Waals surface area contributed by atoms with E-state index in [-0.39, 0.29) is 24.4 Å². The molecule has 0 spiro atoms. The van der Waals surface area contributed by atoms with Crippen LogP contribution in [0.5, 0.6) is 0 Å². The Hall–Kier alpha value is -2.62. The lowest BCUT2D eigenvalue weighted by Gasteiger charge is -2.19. The molecule has 2 rings (SSSR count). The van der Waals surface area contributed by atoms with Crippen molar-refractivity contribution < 1.29 is 14.3 Å². The Bertz CT molecular complexity index is 638. The molecule has 0 aromatic heterocycles. The highest BCUT2D eigenvalue weighted by molar-refractivity contribution is 5.94. The standard InChI is InChI=1S/C19H21NO3/c1-14(2)23-18(21)13-17(15-9-5-3-6-10-15)20-19(22)16-11-7-4-8-12-16/h3-12,14,17H,13H2,1-2H3,(H,20,22)/t17-/m0/s1. The summed E-state index contributed by atoms with van der Waals surface area (Å²) in [5, 5.41) is 2.91. The average molecular weight is 311 g/mol. The van der Waals surface area contributed by atoms with Gasteiger partial charge in [-0.05, 0) is 31.5 Å². The first-order valence-corrected chi connectivity index (χ1v) is 7.66. The van der Waals surface area contributed by atoms with E-state index in [2.05, 4.69) is 5.32 Å². The van der Waals surface area contributed by atoms with Crippen molar-refractivity contribution in [3.63, 3.8) is 0 Å². The molecule has 0 fully saturated rings. The van der Waals surface area contributed by atoms with Crippen LogP contribution in [0.4, 0.5) is 0 Å². The van der Waals surface area contributed by atoms with Crippen LogP contribution in [-0.2, 0) is 9.53 Å². The van der Waals surface area contributed by atoms with Gasteiger partial charge in [-0.25, -0.2) is 0 Å². The van der Waals surface area contributed by atoms with Crippen LogP contribution in [-0.4, -0.2) is 18.0 Å². The Morgan fingerprint density at radius 3 is 2.09 bits per heavy atom. The van der Waals surface area contributed by atoms with E-state index in [1.54, 1.807) is 38.1 Å². The van der Waals surface area contributed by atoms with Gasteiger partial charge in [0, 0.05) is 5.56 Å². The topological polar surface area (TPSA) is 55.4 Å². The summed E-state index contributed by atoms with van der Waals surface area (Å²) >= 11 is 0. The van der Waals surface area contributed by atoms with E-state index < -0.39 is 6.04 Å². The maximum absolute atomic E-state index is 12.4. The molecule has 0 radical (unpaired) electrons. The normalized spacial score (nSPS) is 11.8. The number of carbonyl (C=O) groups is 2. The number of hydrogen-bond donors (Lipinski definition) is 1. The molecular formula is C19H21NO3. The van der Waals surface area contributed by atoms with Gasteiger partial charge >= 0.3 is 5.97 Å². The van der Waals surface area contributed by atoms with Gasteiger partial charge < -0.3 is 10.1 Å². The fraction of sp³-hybridized carbons (Fsp3) is 0.263. The lowest BCUT2D eigenvalue weighted by molar-refractivity contribution is -0.147. The summed E-state index contributed by atoms with van der Waals surface area (Å²) in [6, 6.07) is 18.0. The van der Waals surface area contributed by atoms with E-state index in [0.29, 0.717) is 5.56 Å². The fourth-order valence-corrected chi connectivity index (χ4v) is 2.25. The van der Waals surface area contributed by atoms with Crippen LogP contribution < -0.4 is 5.32 Å². The van der Waals surface area contributed by atoms with Crippen LogP contribution in [0.2, 0.25) is 0 Å². The van der Waals surface area contributed by atoms with Gasteiger partial charge in [-0.15, -0.1) is 0 Å². The van der Waals surface area contributed by atoms with Gasteiger partial charge in [-0.1, -0.05) is 48.5 Å². The molecule has 2 aromatic carbocycles. The van der Waals surface area contributed by atoms with Gasteiger partial charge in [0.05, 0.1) is 18.6 Å². The molecule has 120 valence electrons. The Balaban J connectivity index is 2.14. The third-order valence-corrected chi connectivity index (χ3v) is 3.28. The monoisotopic (exact) mass is 311 g/mol. The third kappa shape index (κ3) is 5.25. The van der Waals surface area contributed by atoms with E-state index in [1.807, 2.05) is 36.4 Å². The summed E-state index contributed by atoms with van der Waals surface area (Å²) in [4.78, 5) is 24.4. The number of benzene rings is 2. The molecule has 1 atom stereocenters. The second kappa shape index (κ2) is 8.13. The number of esters is 1. The van der Waals surface area contributed by atoms with Crippen molar-refractivity contribution in [2.75, 3.05) is 0 Å². The van der Waals surface area contributed by atoms with Crippen LogP contribution in [0.25, 0.3) is 0 Å². The van der Waals surface area contributed by atoms with Crippen molar-refractivity contribution in [1.82, 2.24) is 5.32 Å². The number of nitrogens with one attached hydrogen (secondary N) is 1. The van der Waals surface area contributed by atoms with Gasteiger partial charge in [0.1, 0.15) is 0 Å². The van der Waals surface area contributed by atoms with Crippen LogP contribution in [0.3, 0.4) is 0 Å². The maximum Gasteiger partial charge on any atom is 0.308 e. The molecule has 23 heavy (non-hydrogen) atoms. The minimum absolute atomic E-state index is 0.0980. The molecule has 0 aliphatic carbocycles. The van der Waals surface area contributed by atoms with Crippen molar-refractivity contribution in [2.24, 2.45) is 0 Å². The highest BCUT2D eigenvalue weighted by Gasteiger charge is 2.20. The molecular weight excluding hydrogens is 290 g/mol. The van der Waals surface area contributed by atoms with Gasteiger partial charge in [0.2, 0.25) is 0 Å². The predicted octanol–water partition coefficient (Wildman–Crippen LogP) is 3.50. The van der Waals surface area contributed by atoms with Crippen molar-refractivity contribution in [3.05, 3.63) is 71.8 Å². The van der Waals surface area contributed by atoms with Crippen LogP contribution >= 0.6 is 0 Å². The zero-order chi connectivity index (χ0) is 16.7. The Kier molecular flexibility index (Phi) is 5.92. The summed E-state index contributed by atoms with van der Waals surface area (Å²) in [5.74, 6) is -0.543. The Morgan fingerprint density at radius 1 is 0.957 bits per heavy atom. The maximum atomic E-state index is 12.4. The number of amides is 1. The van der Waals surface area contributed by atoms with Gasteiger partial charge in [-0.3, -0.25) is 9.59 Å². The Labute approximate surface area is 136 Å². The summed E-state index contributed by atoms with van der Waals surface area (Å²) in [5.41, 5.74) is 1.43. The minimum atomic E-state index is -0.421. The summed E-state index contributed by atoms with van der Waals surface area (Å²) < 4.78 is 5.20. The molecule has 4 nitrogen and oxygen atoms in total. The van der Waals surface area contributed by atoms with Gasteiger partial charge in [0.25, 0.3) is 5.91 Å². The van der Waals surface area contributed by atoms with Crippen molar-refractivity contribution in [2.45, 2.75) is 32.4 Å². The largest absolute Gasteiger partial charge is 0.463 e. The molecule has 0 aliphatic rings. The molecule has 0 saturated carbocycles. The smallest absolute Gasteiger partial charge is 0.308 e. The molecule has 4 heteroatoms. The first kappa shape index (κ1) is 16.7. The summed E-state index contributed by atoms with van der Waals surface area (Å²) in [7, 11) is 0. The van der Waals surface area contributed by atoms with Crippen LogP contribution in [0.1, 0.15) is 42.2 Å². The number of hydrogen-bond acceptors (Lipinski definition) is 3. The van der Waals surface area contributed by atoms with E-state index in [1.165, 1.54) is 0 Å². The van der Waals surface area contributed by atoms with E-state index in [0.717, 1.165) is 5.56 Å². The fourth-order valence-electron chi connectivity index (χ4n) is 2.25. The Morgan fingerprint density at radius 2 is 1.52 bits per heavy atom. The van der Waals surface area contributed by atoms with E-state index in [9.17, 15) is 9.59 Å². The van der Waals surface area contributed by atoms with Gasteiger partial charge in [-0.2, -0.15) is 0 Å². The lowest BCUT2D eigenvalue weighted by Crippen LogP contribution is -2.31. The molecule has 0 heterocycles. The minimum Gasteiger partial charge on any atom is -0.463 e. The molecule has 1 N–H and O–H groups in total. The first-order chi connectivity index (χ1) is 11.1. The predicted molar refractivity (Wildman–Crippen MR) is 88.9 cm³/mol. The van der Waals surface area contributed by atoms with Crippen LogP contribution in [0, 0.1) is 0 Å². The zero-order valence-electron chi connectivity index (χ0n) is 13.4. The molecule has 0 aliphatic heterocycles. The molecule has 2 aromatic rings. The van der Waals surface area contributed by atoms with Crippen molar-refractivity contribution in [3.8, 4) is 0 Å². The molecule has 0 saturated heterocycles. The van der Waals surface area contributed by atoms with E-state index in [4.69, 9.17) is 4.74 Å². The molecule has 0 unspecified atom stereocenters. The first-order valence-electron chi connectivity index (χ1n) is 7.66. The van der Waals surface area contributed by atoms with Crippen molar-refractivity contribution in [1.29, 1.82) is 0 Å². The third-order valence-electron chi connectivity index (χ3n) is 3.28. The van der Waals surface area contributed by atoms with Crippen LogP contribution in [0.15, 0.2) is 60.7 Å². The van der Waals surface area contributed by atoms with Crippen molar-refractivity contribution >= 4 is 11.9 Å². The average Bonchev–Trinajstić information content (AvgIpc) is 2.55. The summed E-state index contributed by atoms with van der Waals surface area (Å²) in [6.45, 7) is 3.61. The lowest BCUT2D eigenvalue weighted by atomic mass is 10.0. The second-order valence-electron chi connectivity index (χ2n) is 5.55. The highest BCUT2D eigenvalue weighted by Crippen LogP contribution is 2.18. The summed E-state index contributed by atoms with van der Waals surface area (Å²) in [6.07, 6.45) is -0.0791. The number of ether oxygens (including phenoxy) is 1. The highest BCUT2D eigenvalue weighted by atomic mass is 16.5.